The van der Waals surface area contributed by atoms with Crippen LogP contribution in [0.2, 0.25) is 0 Å². The van der Waals surface area contributed by atoms with E-state index in [4.69, 9.17) is 0 Å². The van der Waals surface area contributed by atoms with E-state index in [1.54, 1.807) is 0 Å². The zero-order chi connectivity index (χ0) is 12.6. The van der Waals surface area contributed by atoms with Gasteiger partial charge in [0.15, 0.2) is 0 Å². The topological polar surface area (TPSA) is 38.7 Å². The summed E-state index contributed by atoms with van der Waals surface area (Å²) in [5, 5.41) is 13.5. The number of likely N-dealkylation sites (N-methyl/N-ethyl adjacent to an activating group) is 1. The summed E-state index contributed by atoms with van der Waals surface area (Å²) in [4.78, 5) is 5.05. The highest BCUT2D eigenvalue weighted by Gasteiger charge is 2.43. The van der Waals surface area contributed by atoms with Gasteiger partial charge in [-0.2, -0.15) is 0 Å². The van der Waals surface area contributed by atoms with Crippen molar-refractivity contribution >= 4 is 0 Å². The minimum atomic E-state index is 0.0369. The number of aliphatic hydroxyl groups excluding tert-OH is 1. The van der Waals surface area contributed by atoms with Crippen LogP contribution >= 0.6 is 0 Å². The molecule has 3 rings (SSSR count). The Bertz CT molecular complexity index is 287. The van der Waals surface area contributed by atoms with Crippen LogP contribution in [0.1, 0.15) is 32.1 Å². The van der Waals surface area contributed by atoms with Crippen LogP contribution in [0.15, 0.2) is 0 Å². The molecule has 0 amide bonds. The third-order valence-corrected chi connectivity index (χ3v) is 5.03. The molecule has 2 N–H and O–H groups in total. The summed E-state index contributed by atoms with van der Waals surface area (Å²) in [5.41, 5.74) is 0.0369. The van der Waals surface area contributed by atoms with E-state index in [2.05, 4.69) is 22.2 Å². The normalized spacial score (nSPS) is 39.3. The molecule has 2 atom stereocenters. The van der Waals surface area contributed by atoms with Gasteiger partial charge in [-0.3, -0.25) is 4.90 Å². The Kier molecular flexibility index (Phi) is 3.63. The molecule has 18 heavy (non-hydrogen) atoms. The summed E-state index contributed by atoms with van der Waals surface area (Å²) < 4.78 is 0. The Morgan fingerprint density at radius 1 is 1.17 bits per heavy atom. The fourth-order valence-electron chi connectivity index (χ4n) is 3.58. The molecule has 2 saturated carbocycles. The molecule has 3 aliphatic rings. The van der Waals surface area contributed by atoms with Gasteiger partial charge in [-0.1, -0.05) is 0 Å². The van der Waals surface area contributed by atoms with Gasteiger partial charge in [0.2, 0.25) is 0 Å². The van der Waals surface area contributed by atoms with Crippen molar-refractivity contribution in [1.82, 2.24) is 15.1 Å². The molecule has 104 valence electrons. The van der Waals surface area contributed by atoms with E-state index in [0.29, 0.717) is 18.7 Å². The minimum absolute atomic E-state index is 0.0369. The molecular formula is C14H27N3O. The van der Waals surface area contributed by atoms with Crippen LogP contribution in [0.5, 0.6) is 0 Å². The lowest BCUT2D eigenvalue weighted by Crippen LogP contribution is -2.51. The first kappa shape index (κ1) is 12.9. The molecule has 2 aliphatic carbocycles. The number of aliphatic hydroxyl groups is 1. The quantitative estimate of drug-likeness (QED) is 0.754. The molecular weight excluding hydrogens is 226 g/mol. The lowest BCUT2D eigenvalue weighted by Gasteiger charge is -2.37. The van der Waals surface area contributed by atoms with Crippen LogP contribution in [0.4, 0.5) is 0 Å². The monoisotopic (exact) mass is 253 g/mol. The van der Waals surface area contributed by atoms with Gasteiger partial charge >= 0.3 is 0 Å². The molecule has 0 aromatic carbocycles. The van der Waals surface area contributed by atoms with Gasteiger partial charge in [0.1, 0.15) is 0 Å². The van der Waals surface area contributed by atoms with E-state index < -0.39 is 0 Å². The number of rotatable bonds is 4. The third-order valence-electron chi connectivity index (χ3n) is 5.03. The molecule has 0 bridgehead atoms. The zero-order valence-corrected chi connectivity index (χ0v) is 11.6. The van der Waals surface area contributed by atoms with E-state index in [1.165, 1.54) is 45.4 Å². The molecule has 1 aliphatic heterocycles. The third kappa shape index (κ3) is 2.72. The smallest absolute Gasteiger partial charge is 0.0614 e. The lowest BCUT2D eigenvalue weighted by atomic mass is 9.98. The van der Waals surface area contributed by atoms with Crippen molar-refractivity contribution in [2.75, 3.05) is 39.8 Å². The van der Waals surface area contributed by atoms with Crippen LogP contribution in [0.3, 0.4) is 0 Å². The maximum absolute atomic E-state index is 9.76. The number of piperazine rings is 1. The predicted molar refractivity (Wildman–Crippen MR) is 72.7 cm³/mol. The second-order valence-corrected chi connectivity index (χ2v) is 6.59. The molecule has 0 radical (unpaired) electrons. The molecule has 1 saturated heterocycles. The van der Waals surface area contributed by atoms with E-state index in [-0.39, 0.29) is 5.54 Å². The molecule has 2 unspecified atom stereocenters. The molecule has 0 aromatic heterocycles. The highest BCUT2D eigenvalue weighted by Crippen LogP contribution is 2.36. The Labute approximate surface area is 110 Å². The van der Waals surface area contributed by atoms with Crippen LogP contribution in [0.25, 0.3) is 0 Å². The van der Waals surface area contributed by atoms with Crippen molar-refractivity contribution in [3.05, 3.63) is 0 Å². The first-order valence-corrected chi connectivity index (χ1v) is 7.52. The number of nitrogens with zero attached hydrogens (tertiary/aromatic N) is 2. The minimum Gasteiger partial charge on any atom is -0.394 e. The van der Waals surface area contributed by atoms with E-state index >= 15 is 0 Å². The highest BCUT2D eigenvalue weighted by molar-refractivity contribution is 5.03. The largest absolute Gasteiger partial charge is 0.394 e. The summed E-state index contributed by atoms with van der Waals surface area (Å²) in [6.45, 7) is 5.10. The van der Waals surface area contributed by atoms with Gasteiger partial charge in [0.05, 0.1) is 6.61 Å². The van der Waals surface area contributed by atoms with Crippen molar-refractivity contribution in [1.29, 1.82) is 0 Å². The van der Waals surface area contributed by atoms with Crippen LogP contribution in [-0.4, -0.2) is 72.4 Å². The number of hydrogen-bond donors (Lipinski definition) is 2. The number of nitrogens with one attached hydrogen (secondary N) is 1. The van der Waals surface area contributed by atoms with Gasteiger partial charge in [-0.15, -0.1) is 0 Å². The lowest BCUT2D eigenvalue weighted by molar-refractivity contribution is 0.0998. The summed E-state index contributed by atoms with van der Waals surface area (Å²) in [5.74, 6) is 0. The highest BCUT2D eigenvalue weighted by atomic mass is 16.3. The average molecular weight is 253 g/mol. The SMILES string of the molecule is CN1CCN(C2CCC(CO)(NC3CC3)C2)CC1. The summed E-state index contributed by atoms with van der Waals surface area (Å²) in [6.07, 6.45) is 6.16. The van der Waals surface area contributed by atoms with Crippen molar-refractivity contribution in [2.45, 2.75) is 49.7 Å². The molecule has 3 fully saturated rings. The molecule has 0 aromatic rings. The van der Waals surface area contributed by atoms with Gasteiger partial charge in [0, 0.05) is 43.8 Å². The van der Waals surface area contributed by atoms with Crippen LogP contribution in [0, 0.1) is 0 Å². The zero-order valence-electron chi connectivity index (χ0n) is 11.6. The van der Waals surface area contributed by atoms with Gasteiger partial charge in [-0.05, 0) is 39.2 Å². The second-order valence-electron chi connectivity index (χ2n) is 6.59. The van der Waals surface area contributed by atoms with Crippen molar-refractivity contribution in [2.24, 2.45) is 0 Å². The average Bonchev–Trinajstić information content (AvgIpc) is 3.09. The summed E-state index contributed by atoms with van der Waals surface area (Å²) in [6, 6.07) is 1.39. The van der Waals surface area contributed by atoms with E-state index in [1.807, 2.05) is 0 Å². The fourth-order valence-corrected chi connectivity index (χ4v) is 3.58. The van der Waals surface area contributed by atoms with Gasteiger partial charge in [-0.25, -0.2) is 0 Å². The molecule has 4 nitrogen and oxygen atoms in total. The first-order chi connectivity index (χ1) is 8.71. The van der Waals surface area contributed by atoms with Crippen LogP contribution in [-0.2, 0) is 0 Å². The Morgan fingerprint density at radius 2 is 1.89 bits per heavy atom. The fraction of sp³-hybridized carbons (Fsp3) is 1.00. The van der Waals surface area contributed by atoms with Crippen LogP contribution < -0.4 is 5.32 Å². The second kappa shape index (κ2) is 5.08. The Balaban J connectivity index is 1.56. The summed E-state index contributed by atoms with van der Waals surface area (Å²) >= 11 is 0. The maximum Gasteiger partial charge on any atom is 0.0614 e. The van der Waals surface area contributed by atoms with Crippen molar-refractivity contribution in [3.63, 3.8) is 0 Å². The molecule has 0 spiro atoms. The Morgan fingerprint density at radius 3 is 2.50 bits per heavy atom. The van der Waals surface area contributed by atoms with E-state index in [0.717, 1.165) is 12.8 Å². The summed E-state index contributed by atoms with van der Waals surface area (Å²) in [7, 11) is 2.21. The van der Waals surface area contributed by atoms with Gasteiger partial charge in [0.25, 0.3) is 0 Å². The first-order valence-electron chi connectivity index (χ1n) is 7.52. The Hall–Kier alpha value is -0.160. The number of hydrogen-bond acceptors (Lipinski definition) is 4. The van der Waals surface area contributed by atoms with Gasteiger partial charge < -0.3 is 15.3 Å². The van der Waals surface area contributed by atoms with Crippen molar-refractivity contribution < 1.29 is 5.11 Å². The molecule has 1 heterocycles. The maximum atomic E-state index is 9.76. The van der Waals surface area contributed by atoms with Crippen molar-refractivity contribution in [3.8, 4) is 0 Å². The molecule has 4 heteroatoms. The standard InChI is InChI=1S/C14H27N3O/c1-16-6-8-17(9-7-16)13-4-5-14(10-13,11-18)15-12-2-3-12/h12-13,15,18H,2-11H2,1H3. The predicted octanol–water partition coefficient (Wildman–Crippen LogP) is 0.269. The van der Waals surface area contributed by atoms with E-state index in [9.17, 15) is 5.11 Å².